The predicted octanol–water partition coefficient (Wildman–Crippen LogP) is 3.37. The van der Waals surface area contributed by atoms with E-state index in [4.69, 9.17) is 5.73 Å². The number of rotatable bonds is 2. The van der Waals surface area contributed by atoms with Crippen molar-refractivity contribution in [3.63, 3.8) is 0 Å². The number of aryl methyl sites for hydroxylation is 1. The van der Waals surface area contributed by atoms with Gasteiger partial charge in [-0.2, -0.15) is 0 Å². The van der Waals surface area contributed by atoms with E-state index in [0.717, 1.165) is 31.4 Å². The molecule has 3 heteroatoms. The molecular weight excluding hydrogens is 236 g/mol. The van der Waals surface area contributed by atoms with Crippen molar-refractivity contribution in [3.8, 4) is 0 Å². The lowest BCUT2D eigenvalue weighted by molar-refractivity contribution is 0.0679. The molecule has 0 spiro atoms. The highest BCUT2D eigenvalue weighted by Crippen LogP contribution is 2.24. The van der Waals surface area contributed by atoms with E-state index >= 15 is 0 Å². The van der Waals surface area contributed by atoms with Crippen LogP contribution in [0.4, 0.5) is 5.69 Å². The van der Waals surface area contributed by atoms with Crippen LogP contribution in [0.3, 0.4) is 0 Å². The van der Waals surface area contributed by atoms with Crippen LogP contribution in [0.5, 0.6) is 0 Å². The first-order chi connectivity index (χ1) is 9.15. The second-order valence-electron chi connectivity index (χ2n) is 5.45. The molecule has 1 atom stereocenters. The number of nitrogens with two attached hydrogens (primary N) is 1. The van der Waals surface area contributed by atoms with Gasteiger partial charge in [-0.3, -0.25) is 4.79 Å². The maximum absolute atomic E-state index is 12.7. The van der Waals surface area contributed by atoms with E-state index in [1.54, 1.807) is 0 Å². The highest BCUT2D eigenvalue weighted by atomic mass is 16.2. The second-order valence-corrected chi connectivity index (χ2v) is 5.45. The molecule has 3 nitrogen and oxygen atoms in total. The molecule has 0 aromatic heterocycles. The summed E-state index contributed by atoms with van der Waals surface area (Å²) in [5.74, 6) is 0.106. The van der Waals surface area contributed by atoms with Crippen molar-refractivity contribution in [1.29, 1.82) is 0 Å². The number of para-hydroxylation sites is 1. The molecule has 1 heterocycles. The third-order valence-corrected chi connectivity index (χ3v) is 4.16. The number of hydrogen-bond acceptors (Lipinski definition) is 2. The van der Waals surface area contributed by atoms with Gasteiger partial charge in [-0.15, -0.1) is 0 Å². The number of carbonyl (C=O) groups is 1. The molecule has 2 rings (SSSR count). The average molecular weight is 260 g/mol. The summed E-state index contributed by atoms with van der Waals surface area (Å²) in [5.41, 5.74) is 8.35. The van der Waals surface area contributed by atoms with Crippen molar-refractivity contribution in [2.24, 2.45) is 0 Å². The SMILES string of the molecule is CCC1CCCCCN1C(=O)c1cccc(C)c1N. The predicted molar refractivity (Wildman–Crippen MR) is 79.2 cm³/mol. The molecule has 1 unspecified atom stereocenters. The zero-order chi connectivity index (χ0) is 13.8. The van der Waals surface area contributed by atoms with E-state index < -0.39 is 0 Å². The fourth-order valence-electron chi connectivity index (χ4n) is 2.89. The Morgan fingerprint density at radius 2 is 2.16 bits per heavy atom. The quantitative estimate of drug-likeness (QED) is 0.829. The van der Waals surface area contributed by atoms with Crippen LogP contribution in [-0.2, 0) is 0 Å². The monoisotopic (exact) mass is 260 g/mol. The number of likely N-dealkylation sites (tertiary alicyclic amines) is 1. The van der Waals surface area contributed by atoms with Gasteiger partial charge in [0.25, 0.3) is 5.91 Å². The minimum absolute atomic E-state index is 0.106. The van der Waals surface area contributed by atoms with Crippen LogP contribution in [0.2, 0.25) is 0 Å². The molecule has 0 radical (unpaired) electrons. The normalized spacial score (nSPS) is 20.1. The molecule has 1 saturated heterocycles. The lowest BCUT2D eigenvalue weighted by atomic mass is 10.0. The number of nitrogen functional groups attached to an aromatic ring is 1. The number of carbonyl (C=O) groups excluding carboxylic acids is 1. The summed E-state index contributed by atoms with van der Waals surface area (Å²) in [4.78, 5) is 14.8. The van der Waals surface area contributed by atoms with Crippen LogP contribution in [0.1, 0.15) is 54.9 Å². The Kier molecular flexibility index (Phi) is 4.46. The van der Waals surface area contributed by atoms with Crippen molar-refractivity contribution in [1.82, 2.24) is 4.90 Å². The zero-order valence-corrected chi connectivity index (χ0v) is 12.0. The fourth-order valence-corrected chi connectivity index (χ4v) is 2.89. The van der Waals surface area contributed by atoms with Gasteiger partial charge in [-0.05, 0) is 37.8 Å². The first-order valence-corrected chi connectivity index (χ1v) is 7.31. The van der Waals surface area contributed by atoms with E-state index in [2.05, 4.69) is 6.92 Å². The summed E-state index contributed by atoms with van der Waals surface area (Å²) in [6.45, 7) is 4.98. The topological polar surface area (TPSA) is 46.3 Å². The van der Waals surface area contributed by atoms with Gasteiger partial charge in [0.1, 0.15) is 0 Å². The Bertz CT molecular complexity index is 456. The third kappa shape index (κ3) is 2.91. The van der Waals surface area contributed by atoms with Gasteiger partial charge >= 0.3 is 0 Å². The number of nitrogens with zero attached hydrogens (tertiary/aromatic N) is 1. The number of anilines is 1. The Morgan fingerprint density at radius 1 is 1.37 bits per heavy atom. The van der Waals surface area contributed by atoms with Crippen molar-refractivity contribution in [3.05, 3.63) is 29.3 Å². The summed E-state index contributed by atoms with van der Waals surface area (Å²) < 4.78 is 0. The Balaban J connectivity index is 2.28. The molecule has 1 aliphatic rings. The van der Waals surface area contributed by atoms with Crippen LogP contribution in [0, 0.1) is 6.92 Å². The van der Waals surface area contributed by atoms with E-state index in [9.17, 15) is 4.79 Å². The smallest absolute Gasteiger partial charge is 0.256 e. The van der Waals surface area contributed by atoms with Gasteiger partial charge < -0.3 is 10.6 Å². The van der Waals surface area contributed by atoms with Gasteiger partial charge in [-0.1, -0.05) is 31.9 Å². The minimum atomic E-state index is 0.106. The second kappa shape index (κ2) is 6.09. The summed E-state index contributed by atoms with van der Waals surface area (Å²) in [5, 5.41) is 0. The molecule has 104 valence electrons. The van der Waals surface area contributed by atoms with Crippen LogP contribution < -0.4 is 5.73 Å². The average Bonchev–Trinajstić information content (AvgIpc) is 2.66. The number of benzene rings is 1. The zero-order valence-electron chi connectivity index (χ0n) is 12.0. The molecule has 1 fully saturated rings. The Hall–Kier alpha value is -1.51. The van der Waals surface area contributed by atoms with Crippen molar-refractivity contribution in [2.75, 3.05) is 12.3 Å². The standard InChI is InChI=1S/C16H24N2O/c1-3-13-9-5-4-6-11-18(13)16(19)14-10-7-8-12(2)15(14)17/h7-8,10,13H,3-6,9,11,17H2,1-2H3. The summed E-state index contributed by atoms with van der Waals surface area (Å²) in [6.07, 6.45) is 5.70. The molecule has 1 aromatic carbocycles. The lowest BCUT2D eigenvalue weighted by Gasteiger charge is -2.30. The lowest BCUT2D eigenvalue weighted by Crippen LogP contribution is -2.40. The van der Waals surface area contributed by atoms with E-state index in [-0.39, 0.29) is 5.91 Å². The Morgan fingerprint density at radius 3 is 2.89 bits per heavy atom. The van der Waals surface area contributed by atoms with Crippen LogP contribution in [0.25, 0.3) is 0 Å². The highest BCUT2D eigenvalue weighted by Gasteiger charge is 2.26. The molecule has 19 heavy (non-hydrogen) atoms. The van der Waals surface area contributed by atoms with Gasteiger partial charge in [0.15, 0.2) is 0 Å². The molecular formula is C16H24N2O. The summed E-state index contributed by atoms with van der Waals surface area (Å²) in [7, 11) is 0. The van der Waals surface area contributed by atoms with Gasteiger partial charge in [0.05, 0.1) is 5.56 Å². The fraction of sp³-hybridized carbons (Fsp3) is 0.562. The Labute approximate surface area is 115 Å². The van der Waals surface area contributed by atoms with E-state index in [0.29, 0.717) is 17.3 Å². The molecule has 1 amide bonds. The number of amides is 1. The third-order valence-electron chi connectivity index (χ3n) is 4.16. The van der Waals surface area contributed by atoms with Gasteiger partial charge in [-0.25, -0.2) is 0 Å². The van der Waals surface area contributed by atoms with Gasteiger partial charge in [0, 0.05) is 18.3 Å². The number of hydrogen-bond donors (Lipinski definition) is 1. The molecule has 0 aliphatic carbocycles. The maximum Gasteiger partial charge on any atom is 0.256 e. The van der Waals surface area contributed by atoms with Crippen molar-refractivity contribution in [2.45, 2.75) is 52.0 Å². The van der Waals surface area contributed by atoms with Crippen LogP contribution in [0.15, 0.2) is 18.2 Å². The summed E-state index contributed by atoms with van der Waals surface area (Å²) >= 11 is 0. The van der Waals surface area contributed by atoms with Crippen LogP contribution >= 0.6 is 0 Å². The molecule has 0 saturated carbocycles. The van der Waals surface area contributed by atoms with E-state index in [1.807, 2.05) is 30.0 Å². The highest BCUT2D eigenvalue weighted by molar-refractivity contribution is 5.99. The van der Waals surface area contributed by atoms with Crippen molar-refractivity contribution >= 4 is 11.6 Å². The molecule has 1 aliphatic heterocycles. The molecule has 2 N–H and O–H groups in total. The van der Waals surface area contributed by atoms with Crippen LogP contribution in [-0.4, -0.2) is 23.4 Å². The largest absolute Gasteiger partial charge is 0.398 e. The minimum Gasteiger partial charge on any atom is -0.398 e. The molecule has 0 bridgehead atoms. The first-order valence-electron chi connectivity index (χ1n) is 7.31. The van der Waals surface area contributed by atoms with E-state index in [1.165, 1.54) is 12.8 Å². The first kappa shape index (κ1) is 13.9. The van der Waals surface area contributed by atoms with Crippen molar-refractivity contribution < 1.29 is 4.79 Å². The summed E-state index contributed by atoms with van der Waals surface area (Å²) in [6, 6.07) is 6.08. The van der Waals surface area contributed by atoms with Gasteiger partial charge in [0.2, 0.25) is 0 Å². The molecule has 1 aromatic rings. The maximum atomic E-state index is 12.7.